The van der Waals surface area contributed by atoms with Gasteiger partial charge in [0.2, 0.25) is 22.2 Å². The normalized spacial score (nSPS) is 21.4. The van der Waals surface area contributed by atoms with Crippen LogP contribution in [0.1, 0.15) is 57.8 Å². The topological polar surface area (TPSA) is 268 Å². The first kappa shape index (κ1) is 95.6. The van der Waals surface area contributed by atoms with Gasteiger partial charge >= 0.3 is 0 Å². The van der Waals surface area contributed by atoms with Crippen molar-refractivity contribution in [1.82, 2.24) is 29.7 Å². The predicted molar refractivity (Wildman–Crippen MR) is 571 cm³/mol. The van der Waals surface area contributed by atoms with Crippen LogP contribution >= 0.6 is 106 Å². The number of anilines is 8. The van der Waals surface area contributed by atoms with Crippen molar-refractivity contribution in [1.29, 1.82) is 0 Å². The summed E-state index contributed by atoms with van der Waals surface area (Å²) in [4.78, 5) is 96.2. The number of nitrogens with one attached hydrogen (secondary N) is 7. The number of hydrogen-bond donors (Lipinski definition) is 8. The van der Waals surface area contributed by atoms with Gasteiger partial charge in [0.1, 0.15) is 0 Å². The van der Waals surface area contributed by atoms with Crippen LogP contribution < -0.4 is 63.5 Å². The largest absolute Gasteiger partial charge is 0.399 e. The molecule has 8 aromatic carbocycles. The first-order valence-electron chi connectivity index (χ1n) is 48.9. The molecule has 25 rings (SSSR count). The number of aromatic amines is 4. The van der Waals surface area contributed by atoms with E-state index in [4.69, 9.17) is 45.8 Å². The van der Waals surface area contributed by atoms with Crippen molar-refractivity contribution in [2.75, 3.05) is 199 Å². The van der Waals surface area contributed by atoms with E-state index >= 15 is 0 Å². The first-order chi connectivity index (χ1) is 68.7. The second-order valence-corrected chi connectivity index (χ2v) is 46.0. The number of morpholine rings is 6. The number of H-pyrrole nitrogens is 4. The van der Waals surface area contributed by atoms with Crippen molar-refractivity contribution >= 4 is 151 Å². The summed E-state index contributed by atoms with van der Waals surface area (Å²) < 4.78 is 33.1. The van der Waals surface area contributed by atoms with Gasteiger partial charge in [0.25, 0.3) is 0 Å². The summed E-state index contributed by atoms with van der Waals surface area (Å²) in [7, 11) is 0. The molecule has 6 saturated heterocycles. The van der Waals surface area contributed by atoms with Crippen LogP contribution in [-0.4, -0.2) is 223 Å². The summed E-state index contributed by atoms with van der Waals surface area (Å²) in [6, 6.07) is 69.2. The van der Waals surface area contributed by atoms with E-state index in [-0.39, 0.29) is 27.6 Å². The van der Waals surface area contributed by atoms with E-state index in [0.29, 0.717) is 83.1 Å². The highest BCUT2D eigenvalue weighted by Gasteiger charge is 2.37. The van der Waals surface area contributed by atoms with Crippen molar-refractivity contribution in [3.05, 3.63) is 236 Å². The smallest absolute Gasteiger partial charge is 0.250 e. The molecule has 9 N–H and O–H groups in total. The summed E-state index contributed by atoms with van der Waals surface area (Å²) >= 11 is 20.7. The minimum atomic E-state index is -0.0850. The summed E-state index contributed by atoms with van der Waals surface area (Å²) in [6.45, 7) is 19.5. The summed E-state index contributed by atoms with van der Waals surface area (Å²) in [5, 5.41) is 11.6. The number of benzene rings is 8. The fourth-order valence-corrected chi connectivity index (χ4v) is 30.9. The van der Waals surface area contributed by atoms with Crippen LogP contribution in [0.4, 0.5) is 45.5 Å². The predicted octanol–water partition coefficient (Wildman–Crippen LogP) is 20.5. The number of fused-ring (bicyclic) bond motifs is 8. The number of hydrogen-bond acceptors (Lipinski definition) is 28. The van der Waals surface area contributed by atoms with Gasteiger partial charge in [-0.3, -0.25) is 29.0 Å². The molecule has 726 valence electrons. The van der Waals surface area contributed by atoms with Crippen LogP contribution in [0.15, 0.2) is 292 Å². The lowest BCUT2D eigenvalue weighted by Crippen LogP contribution is -2.48. The Morgan fingerprint density at radius 1 is 0.279 bits per heavy atom. The third-order valence-electron chi connectivity index (χ3n) is 27.9. The zero-order valence-electron chi connectivity index (χ0n) is 77.8. The highest BCUT2D eigenvalue weighted by molar-refractivity contribution is 8.06. The Bertz CT molecular complexity index is 6570. The van der Waals surface area contributed by atoms with E-state index in [0.717, 1.165) is 197 Å². The van der Waals surface area contributed by atoms with Crippen molar-refractivity contribution in [2.45, 2.75) is 172 Å². The minimum Gasteiger partial charge on any atom is -0.399 e. The number of aromatic nitrogens is 4. The molecule has 4 aromatic heterocycles. The molecule has 10 aliphatic heterocycles. The number of nitrogens with zero attached hydrogens (tertiary/aromatic N) is 6. The maximum Gasteiger partial charge on any atom is 0.250 e. The maximum atomic E-state index is 12.7. The number of ether oxygens (including phenoxy) is 6. The summed E-state index contributed by atoms with van der Waals surface area (Å²) in [5.41, 5.74) is 21.5. The van der Waals surface area contributed by atoms with Crippen molar-refractivity contribution in [3.8, 4) is 45.0 Å². The Kier molecular flexibility index (Phi) is 30.1. The number of nitrogen functional groups attached to an aromatic ring is 1. The molecule has 13 aliphatic rings. The lowest BCUT2D eigenvalue weighted by molar-refractivity contribution is 0.0161. The van der Waals surface area contributed by atoms with E-state index in [1.165, 1.54) is 135 Å². The third-order valence-corrected chi connectivity index (χ3v) is 38.8. The quantitative estimate of drug-likeness (QED) is 0.0330. The monoisotopic (exact) mass is 2040 g/mol. The van der Waals surface area contributed by atoms with Gasteiger partial charge in [-0.2, -0.15) is 0 Å². The van der Waals surface area contributed by atoms with E-state index in [9.17, 15) is 19.2 Å². The molecule has 33 heteroatoms. The fourth-order valence-electron chi connectivity index (χ4n) is 20.9. The van der Waals surface area contributed by atoms with E-state index < -0.39 is 0 Å². The van der Waals surface area contributed by atoms with Crippen molar-refractivity contribution in [3.63, 3.8) is 0 Å². The summed E-state index contributed by atoms with van der Waals surface area (Å²) in [5.74, 6) is 0. The average Bonchev–Trinajstić information content (AvgIpc) is 0.881. The molecule has 6 unspecified atom stereocenters. The van der Waals surface area contributed by atoms with Crippen LogP contribution in [0, 0.1) is 0 Å². The van der Waals surface area contributed by atoms with Gasteiger partial charge in [-0.05, 0) is 179 Å². The van der Waals surface area contributed by atoms with Gasteiger partial charge in [0.15, 0.2) is 0 Å². The molecule has 6 atom stereocenters. The molecule has 0 radical (unpaired) electrons. The number of pyridine rings is 4. The number of alkyl halides is 1. The maximum absolute atomic E-state index is 12.7. The Morgan fingerprint density at radius 2 is 0.550 bits per heavy atom. The Balaban J connectivity index is 0.000000108. The molecule has 3 saturated carbocycles. The number of nitrogens with two attached hydrogens (primary N) is 1. The second-order valence-electron chi connectivity index (χ2n) is 36.9. The number of rotatable bonds is 16. The number of halogens is 1. The van der Waals surface area contributed by atoms with Crippen LogP contribution in [0.5, 0.6) is 0 Å². The van der Waals surface area contributed by atoms with Crippen LogP contribution in [-0.2, 0) is 28.4 Å². The van der Waals surface area contributed by atoms with Crippen LogP contribution in [0.2, 0.25) is 0 Å². The SMILES string of the molecule is Nc1ccc2c(c1)Sc1cccc(-c3cc(N4CCOCC4)cc(=O)[nH]3)c1S2.O=c1cc(N2CCOCC2)cc(-c2cccc3c2Sc2ccc(NC4CCCC4Cl)cc2S3)[nH]1.O=c1cc(N2CCOCC2)cc(-c2cccc3c2Sc2ccc(NC4CCCC4N4CCOCC4)cc2S3)[nH]1.O=c1cc(N2CCOCC2)cc(-c2cccc3c2Sc2ccc(NC4CCCC4N4CCOCC4)cc2S3)[nH]1. The molecule has 14 heterocycles. The van der Waals surface area contributed by atoms with Crippen molar-refractivity contribution < 1.29 is 28.4 Å². The Labute approximate surface area is 853 Å². The molecule has 140 heavy (non-hydrogen) atoms. The third kappa shape index (κ3) is 22.0. The van der Waals surface area contributed by atoms with Gasteiger partial charge < -0.3 is 89.6 Å². The highest BCUT2D eigenvalue weighted by atomic mass is 35.5. The Hall–Kier alpha value is -9.27. The molecule has 0 spiro atoms. The lowest BCUT2D eigenvalue weighted by Gasteiger charge is -2.36. The molecular weight excluding hydrogens is 1930 g/mol. The van der Waals surface area contributed by atoms with Gasteiger partial charge in [-0.25, -0.2) is 0 Å². The minimum absolute atomic E-state index is 0.0709. The van der Waals surface area contributed by atoms with Gasteiger partial charge in [-0.15, -0.1) is 11.6 Å². The van der Waals surface area contributed by atoms with Crippen LogP contribution in [0.25, 0.3) is 45.0 Å². The average molecular weight is 2050 g/mol. The molecule has 3 aliphatic carbocycles. The molecular formula is C107H113ClN14O10S8. The van der Waals surface area contributed by atoms with Crippen molar-refractivity contribution in [2.24, 2.45) is 0 Å². The van der Waals surface area contributed by atoms with Gasteiger partial charge in [0, 0.05) is 279 Å². The van der Waals surface area contributed by atoms with E-state index in [1.54, 1.807) is 94.8 Å². The van der Waals surface area contributed by atoms with E-state index in [2.05, 4.69) is 217 Å². The Morgan fingerprint density at radius 3 is 0.850 bits per heavy atom. The molecule has 24 nitrogen and oxygen atoms in total. The second kappa shape index (κ2) is 44.1. The van der Waals surface area contributed by atoms with E-state index in [1.807, 2.05) is 41.7 Å². The fraction of sp³-hybridized carbons (Fsp3) is 0.364. The van der Waals surface area contributed by atoms with Gasteiger partial charge in [0.05, 0.1) is 107 Å². The standard InChI is InChI=1S/2C30H34N4O3S2.C26H26ClN3O2S2.C21H19N3O2S2/c2*35-29-19-21(33-9-13-36-14-10-33)18-24(32-29)22-3-1-6-27-30(22)39-26-8-7-20(17-28(26)38-27)31-23-4-2-5-25(23)34-11-15-37-16-12-34;27-19-4-2-5-20(19)28-16-7-8-22-24(13-16)33-23-6-1-3-18(26(23)34-22)21-14-17(15-25(31)29-21)30-9-11-32-12-10-30;22-13-4-5-17-19(10-13)27-18-3-1-2-15(21(18)28-17)16-11-14(12-20(25)23-16)24-6-8-26-9-7-24/h2*1,3,6-8,17-19,23,25,31H,2,4-5,9-16H2,(H,32,35);1,3,6-8,13-15,19-20,28H,2,4-5,9-12H2,(H,29,31);1-5,10-12H,6-9,22H2,(H,23,25). The molecule has 12 aromatic rings. The van der Waals surface area contributed by atoms with Crippen LogP contribution in [0.3, 0.4) is 0 Å². The first-order valence-corrected chi connectivity index (χ1v) is 55.8. The molecule has 0 bridgehead atoms. The molecule has 0 amide bonds. The van der Waals surface area contributed by atoms with Gasteiger partial charge in [-0.1, -0.05) is 143 Å². The highest BCUT2D eigenvalue weighted by Crippen LogP contribution is 2.57. The summed E-state index contributed by atoms with van der Waals surface area (Å²) in [6.07, 6.45) is 10.9. The zero-order chi connectivity index (χ0) is 94.5. The lowest BCUT2D eigenvalue weighted by atomic mass is 10.1. The molecule has 9 fully saturated rings. The zero-order valence-corrected chi connectivity index (χ0v) is 85.0.